The van der Waals surface area contributed by atoms with Crippen LogP contribution in [0.5, 0.6) is 0 Å². The van der Waals surface area contributed by atoms with Gasteiger partial charge < -0.3 is 38.6 Å². The van der Waals surface area contributed by atoms with Gasteiger partial charge in [-0.15, -0.1) is 0 Å². The summed E-state index contributed by atoms with van der Waals surface area (Å²) >= 11 is 0. The third-order valence-electron chi connectivity index (χ3n) is 10.8. The highest BCUT2D eigenvalue weighted by atomic mass is 16.9. The largest absolute Gasteiger partial charge is 0.509 e. The quantitative estimate of drug-likeness (QED) is 0.358. The van der Waals surface area contributed by atoms with Crippen LogP contribution in [0, 0.1) is 23.7 Å². The molecule has 4 heterocycles. The van der Waals surface area contributed by atoms with Crippen LogP contribution in [0.25, 0.3) is 0 Å². The van der Waals surface area contributed by atoms with Crippen molar-refractivity contribution in [1.29, 1.82) is 0 Å². The van der Waals surface area contributed by atoms with Crippen molar-refractivity contribution in [2.24, 2.45) is 23.7 Å². The van der Waals surface area contributed by atoms with E-state index in [0.29, 0.717) is 12.8 Å². The van der Waals surface area contributed by atoms with E-state index in [1.165, 1.54) is 0 Å². The molecular formula is C28H32O9. The fourth-order valence-electron chi connectivity index (χ4n) is 9.37. The van der Waals surface area contributed by atoms with Crippen LogP contribution in [0.1, 0.15) is 39.2 Å². The van der Waals surface area contributed by atoms with E-state index in [1.54, 1.807) is 0 Å². The number of aliphatic hydroxyl groups is 2. The Bertz CT molecular complexity index is 1220. The van der Waals surface area contributed by atoms with Gasteiger partial charge in [-0.3, -0.25) is 0 Å². The summed E-state index contributed by atoms with van der Waals surface area (Å²) in [5.74, 6) is -2.59. The Hall–Kier alpha value is -2.01. The summed E-state index contributed by atoms with van der Waals surface area (Å²) < 4.78 is 38.9. The van der Waals surface area contributed by atoms with Crippen LogP contribution in [0.2, 0.25) is 0 Å². The summed E-state index contributed by atoms with van der Waals surface area (Å²) in [5.41, 5.74) is -3.05. The summed E-state index contributed by atoms with van der Waals surface area (Å²) in [7, 11) is 0. The van der Waals surface area contributed by atoms with Crippen LogP contribution < -0.4 is 0 Å². The lowest BCUT2D eigenvalue weighted by Crippen LogP contribution is -2.72. The van der Waals surface area contributed by atoms with E-state index in [1.807, 2.05) is 44.2 Å². The van der Waals surface area contributed by atoms with Gasteiger partial charge in [0.15, 0.2) is 11.7 Å². The van der Waals surface area contributed by atoms with Gasteiger partial charge in [-0.1, -0.05) is 50.8 Å². The number of fused-ring (bicyclic) bond motifs is 2. The zero-order chi connectivity index (χ0) is 25.8. The second-order valence-corrected chi connectivity index (χ2v) is 12.4. The molecule has 4 aliphatic heterocycles. The van der Waals surface area contributed by atoms with Gasteiger partial charge in [0.05, 0.1) is 12.2 Å². The highest BCUT2D eigenvalue weighted by Crippen LogP contribution is 2.75. The first-order valence-corrected chi connectivity index (χ1v) is 13.3. The Kier molecular flexibility index (Phi) is 4.08. The second-order valence-electron chi connectivity index (χ2n) is 12.4. The lowest BCUT2D eigenvalue weighted by Gasteiger charge is -2.60. The zero-order valence-corrected chi connectivity index (χ0v) is 21.1. The maximum Gasteiger partial charge on any atom is 0.509 e. The van der Waals surface area contributed by atoms with Crippen LogP contribution in [-0.2, 0) is 34.4 Å². The Morgan fingerprint density at radius 3 is 2.54 bits per heavy atom. The summed E-state index contributed by atoms with van der Waals surface area (Å²) in [5, 5.41) is 22.7. The molecule has 9 nitrogen and oxygen atoms in total. The van der Waals surface area contributed by atoms with E-state index in [0.717, 1.165) is 11.1 Å². The number of carbonyl (C=O) groups excluding carboxylic acids is 1. The van der Waals surface area contributed by atoms with Crippen LogP contribution in [0.4, 0.5) is 4.79 Å². The highest BCUT2D eigenvalue weighted by molar-refractivity contribution is 5.65. The summed E-state index contributed by atoms with van der Waals surface area (Å²) in [6.07, 6.45) is -2.74. The minimum atomic E-state index is -1.51. The first-order chi connectivity index (χ1) is 17.6. The Labute approximate surface area is 214 Å². The number of ether oxygens (including phenoxy) is 6. The molecule has 1 aromatic rings. The first kappa shape index (κ1) is 22.9. The molecule has 13 atom stereocenters. The third kappa shape index (κ3) is 2.23. The van der Waals surface area contributed by atoms with Gasteiger partial charge in [-0.2, -0.15) is 0 Å². The molecule has 3 saturated carbocycles. The molecule has 0 amide bonds. The SMILES string of the molecule is C=C(C)[C@]12C[C@@H](C)[C@@]34O[C@](c5ccccc5)(O[C@@H]1C3[C@@H]1O[C@]1(CO)[C@@H](O)[C@]13OC(=O)O[C@H]1[C@@H](C)CC43)O2. The molecule has 4 saturated heterocycles. The molecular weight excluding hydrogens is 480 g/mol. The van der Waals surface area contributed by atoms with Gasteiger partial charge in [-0.05, 0) is 37.2 Å². The topological polar surface area (TPSA) is 116 Å². The van der Waals surface area contributed by atoms with E-state index < -0.39 is 77.4 Å². The van der Waals surface area contributed by atoms with Gasteiger partial charge in [0.25, 0.3) is 0 Å². The molecule has 1 aromatic carbocycles. The van der Waals surface area contributed by atoms with E-state index in [2.05, 4.69) is 13.5 Å². The van der Waals surface area contributed by atoms with Crippen LogP contribution >= 0.6 is 0 Å². The lowest BCUT2D eigenvalue weighted by atomic mass is 9.54. The minimum Gasteiger partial charge on any atom is -0.426 e. The van der Waals surface area contributed by atoms with Gasteiger partial charge in [0, 0.05) is 17.4 Å². The maximum absolute atomic E-state index is 12.7. The molecule has 0 radical (unpaired) electrons. The maximum atomic E-state index is 12.7. The zero-order valence-electron chi connectivity index (χ0n) is 21.1. The number of carbonyl (C=O) groups is 1. The van der Waals surface area contributed by atoms with Gasteiger partial charge >= 0.3 is 12.1 Å². The summed E-state index contributed by atoms with van der Waals surface area (Å²) in [6, 6.07) is 9.58. The van der Waals surface area contributed by atoms with Gasteiger partial charge in [0.1, 0.15) is 29.5 Å². The molecule has 3 bridgehead atoms. The predicted molar refractivity (Wildman–Crippen MR) is 125 cm³/mol. The van der Waals surface area contributed by atoms with E-state index >= 15 is 0 Å². The number of benzene rings is 1. The van der Waals surface area contributed by atoms with Crippen molar-refractivity contribution in [3.63, 3.8) is 0 Å². The molecule has 2 unspecified atom stereocenters. The summed E-state index contributed by atoms with van der Waals surface area (Å²) in [4.78, 5) is 12.7. The van der Waals surface area contributed by atoms with Crippen molar-refractivity contribution in [3.8, 4) is 0 Å². The first-order valence-electron chi connectivity index (χ1n) is 13.3. The van der Waals surface area contributed by atoms with Crippen molar-refractivity contribution in [3.05, 3.63) is 48.0 Å². The normalized spacial score (nSPS) is 57.9. The predicted octanol–water partition coefficient (Wildman–Crippen LogP) is 2.39. The smallest absolute Gasteiger partial charge is 0.426 e. The van der Waals surface area contributed by atoms with Crippen molar-refractivity contribution < 1.29 is 43.4 Å². The van der Waals surface area contributed by atoms with Crippen LogP contribution in [-0.4, -0.2) is 69.8 Å². The average Bonchev–Trinajstić information content (AvgIpc) is 3.33. The highest BCUT2D eigenvalue weighted by Gasteiger charge is 2.91. The molecule has 1 spiro atoms. The third-order valence-corrected chi connectivity index (χ3v) is 10.8. The molecule has 2 N–H and O–H groups in total. The van der Waals surface area contributed by atoms with Crippen molar-refractivity contribution >= 4 is 6.16 Å². The monoisotopic (exact) mass is 512 g/mol. The fraction of sp³-hybridized carbons (Fsp3) is 0.679. The van der Waals surface area contributed by atoms with E-state index in [9.17, 15) is 15.0 Å². The Morgan fingerprint density at radius 2 is 1.84 bits per heavy atom. The molecule has 9 heteroatoms. The van der Waals surface area contributed by atoms with E-state index in [-0.39, 0.29) is 11.8 Å². The van der Waals surface area contributed by atoms with Gasteiger partial charge in [-0.25, -0.2) is 4.79 Å². The van der Waals surface area contributed by atoms with Crippen molar-refractivity contribution in [2.45, 2.75) is 86.4 Å². The van der Waals surface area contributed by atoms with Crippen LogP contribution in [0.15, 0.2) is 42.5 Å². The molecule has 37 heavy (non-hydrogen) atoms. The number of hydrogen-bond acceptors (Lipinski definition) is 9. The molecule has 7 aliphatic rings. The van der Waals surface area contributed by atoms with Crippen molar-refractivity contribution in [2.75, 3.05) is 6.61 Å². The molecule has 3 aliphatic carbocycles. The lowest BCUT2D eigenvalue weighted by molar-refractivity contribution is -0.442. The molecule has 8 rings (SSSR count). The van der Waals surface area contributed by atoms with E-state index in [4.69, 9.17) is 28.4 Å². The minimum absolute atomic E-state index is 0.107. The number of aliphatic hydroxyl groups excluding tert-OH is 2. The number of hydrogen-bond donors (Lipinski definition) is 2. The molecule has 0 aromatic heterocycles. The average molecular weight is 513 g/mol. The fourth-order valence-corrected chi connectivity index (χ4v) is 9.37. The Morgan fingerprint density at radius 1 is 1.08 bits per heavy atom. The molecule has 198 valence electrons. The van der Waals surface area contributed by atoms with Gasteiger partial charge in [0.2, 0.25) is 0 Å². The summed E-state index contributed by atoms with van der Waals surface area (Å²) in [6.45, 7) is 9.96. The number of epoxide rings is 1. The second kappa shape index (κ2) is 6.58. The number of rotatable bonds is 3. The van der Waals surface area contributed by atoms with Crippen molar-refractivity contribution in [1.82, 2.24) is 0 Å². The van der Waals surface area contributed by atoms with Crippen LogP contribution in [0.3, 0.4) is 0 Å². The standard InChI is InChI=1S/C28H32O9/c1-13(2)24-11-15(4)26-17-10-14(3)19-27(17,35-23(31)32-19)22(30)25(12-29)21(33-25)18(26)20(24)34-28(36-24,37-26)16-8-6-5-7-9-16/h5-9,14-15,17-22,29-30H,1,10-12H2,2-4H3/t14-,15+,17?,18?,19-,20+,21-,22+,24+,25-,26-,27+,28+/m0/s1. The Balaban J connectivity index is 1.42. The molecule has 7 fully saturated rings.